The Labute approximate surface area is 160 Å². The molecule has 1 aromatic heterocycles. The van der Waals surface area contributed by atoms with E-state index in [1.807, 2.05) is 30.3 Å². The third kappa shape index (κ3) is 4.24. The zero-order valence-electron chi connectivity index (χ0n) is 13.2. The van der Waals surface area contributed by atoms with E-state index < -0.39 is 10.8 Å². The first-order valence-corrected chi connectivity index (χ1v) is 9.07. The van der Waals surface area contributed by atoms with Crippen LogP contribution in [0.3, 0.4) is 0 Å². The van der Waals surface area contributed by atoms with Gasteiger partial charge in [-0.15, -0.1) is 11.3 Å². The summed E-state index contributed by atoms with van der Waals surface area (Å²) in [6.07, 6.45) is 1.35. The molecule has 0 saturated carbocycles. The number of benzene rings is 2. The van der Waals surface area contributed by atoms with Gasteiger partial charge in [-0.2, -0.15) is 5.10 Å². The lowest BCUT2D eigenvalue weighted by Gasteiger charge is -2.09. The Hall–Kier alpha value is -2.78. The van der Waals surface area contributed by atoms with Gasteiger partial charge in [0.05, 0.1) is 25.9 Å². The molecular formula is C17H12BrN3O4S. The van der Waals surface area contributed by atoms with Gasteiger partial charge < -0.3 is 4.74 Å². The molecule has 0 aliphatic heterocycles. The third-order valence-corrected chi connectivity index (χ3v) is 5.06. The number of hydrogen-bond acceptors (Lipinski definition) is 6. The van der Waals surface area contributed by atoms with Crippen LogP contribution in [0.25, 0.3) is 10.8 Å². The minimum Gasteiger partial charge on any atom is -0.483 e. The van der Waals surface area contributed by atoms with Crippen molar-refractivity contribution in [2.24, 2.45) is 5.10 Å². The highest BCUT2D eigenvalue weighted by Gasteiger charge is 2.09. The third-order valence-electron chi connectivity index (χ3n) is 3.38. The first-order chi connectivity index (χ1) is 12.5. The summed E-state index contributed by atoms with van der Waals surface area (Å²) in [4.78, 5) is 22.5. The van der Waals surface area contributed by atoms with Crippen LogP contribution in [-0.2, 0) is 4.79 Å². The van der Waals surface area contributed by atoms with Crippen LogP contribution in [0.1, 0.15) is 4.88 Å². The largest absolute Gasteiger partial charge is 0.483 e. The molecular weight excluding hydrogens is 422 g/mol. The Balaban J connectivity index is 1.56. The van der Waals surface area contributed by atoms with Gasteiger partial charge in [0.25, 0.3) is 11.6 Å². The van der Waals surface area contributed by atoms with Crippen molar-refractivity contribution >= 4 is 55.8 Å². The van der Waals surface area contributed by atoms with E-state index in [-0.39, 0.29) is 12.3 Å². The minimum absolute atomic E-state index is 0.00716. The smallest absolute Gasteiger partial charge is 0.280 e. The quantitative estimate of drug-likeness (QED) is 0.359. The lowest BCUT2D eigenvalue weighted by atomic mass is 10.1. The standard InChI is InChI=1S/C17H12BrN3O4S/c18-17-14-4-2-1-3-11(14)5-6-15(17)25-9-16(22)20-19-8-13-7-12(10-26-13)21(23)24/h1-8,10H,9H2,(H,20,22)/b19-8-. The predicted octanol–water partition coefficient (Wildman–Crippen LogP) is 4.10. The summed E-state index contributed by atoms with van der Waals surface area (Å²) in [5, 5.41) is 17.8. The number of nitrogens with one attached hydrogen (secondary N) is 1. The first kappa shape index (κ1) is 18.0. The Morgan fingerprint density at radius 1 is 1.35 bits per heavy atom. The topological polar surface area (TPSA) is 93.8 Å². The number of hydrazone groups is 1. The van der Waals surface area contributed by atoms with Crippen molar-refractivity contribution in [2.45, 2.75) is 0 Å². The Morgan fingerprint density at radius 3 is 2.92 bits per heavy atom. The van der Waals surface area contributed by atoms with Crippen LogP contribution < -0.4 is 10.2 Å². The summed E-state index contributed by atoms with van der Waals surface area (Å²) in [5.74, 6) is 0.115. The van der Waals surface area contributed by atoms with Crippen molar-refractivity contribution in [3.8, 4) is 5.75 Å². The van der Waals surface area contributed by atoms with E-state index >= 15 is 0 Å². The molecule has 1 heterocycles. The molecule has 26 heavy (non-hydrogen) atoms. The van der Waals surface area contributed by atoms with E-state index in [0.29, 0.717) is 10.6 Å². The fourth-order valence-corrected chi connectivity index (χ4v) is 3.50. The van der Waals surface area contributed by atoms with Crippen molar-refractivity contribution in [1.29, 1.82) is 0 Å². The van der Waals surface area contributed by atoms with Gasteiger partial charge in [-0.3, -0.25) is 14.9 Å². The average Bonchev–Trinajstić information content (AvgIpc) is 3.11. The number of carbonyl (C=O) groups is 1. The summed E-state index contributed by atoms with van der Waals surface area (Å²) < 4.78 is 6.30. The molecule has 1 amide bonds. The van der Waals surface area contributed by atoms with Gasteiger partial charge in [-0.05, 0) is 32.8 Å². The van der Waals surface area contributed by atoms with Gasteiger partial charge in [-0.25, -0.2) is 5.43 Å². The second-order valence-corrected chi connectivity index (χ2v) is 6.88. The molecule has 9 heteroatoms. The molecule has 0 aliphatic carbocycles. The summed E-state index contributed by atoms with van der Waals surface area (Å²) in [5.41, 5.74) is 2.32. The highest BCUT2D eigenvalue weighted by atomic mass is 79.9. The maximum Gasteiger partial charge on any atom is 0.280 e. The maximum absolute atomic E-state index is 11.8. The molecule has 3 aromatic rings. The number of rotatable bonds is 6. The summed E-state index contributed by atoms with van der Waals surface area (Å²) in [6, 6.07) is 12.9. The normalized spacial score (nSPS) is 11.0. The number of amides is 1. The highest BCUT2D eigenvalue weighted by Crippen LogP contribution is 2.32. The number of nitrogens with zero attached hydrogens (tertiary/aromatic N) is 2. The molecule has 0 radical (unpaired) electrons. The molecule has 2 aromatic carbocycles. The minimum atomic E-state index is -0.484. The van der Waals surface area contributed by atoms with Crippen molar-refractivity contribution in [1.82, 2.24) is 5.43 Å². The monoisotopic (exact) mass is 433 g/mol. The van der Waals surface area contributed by atoms with E-state index in [9.17, 15) is 14.9 Å². The Bertz CT molecular complexity index is 1000. The Kier molecular flexibility index (Phi) is 5.59. The van der Waals surface area contributed by atoms with Crippen molar-refractivity contribution in [3.63, 3.8) is 0 Å². The number of nitro groups is 1. The molecule has 0 spiro atoms. The van der Waals surface area contributed by atoms with Gasteiger partial charge in [0.15, 0.2) is 6.61 Å². The molecule has 3 rings (SSSR count). The molecule has 7 nitrogen and oxygen atoms in total. The number of ether oxygens (including phenoxy) is 1. The second kappa shape index (κ2) is 8.07. The molecule has 0 fully saturated rings. The summed E-state index contributed by atoms with van der Waals surface area (Å²) in [7, 11) is 0. The van der Waals surface area contributed by atoms with E-state index in [2.05, 4.69) is 26.5 Å². The number of carbonyl (C=O) groups excluding carboxylic acids is 1. The lowest BCUT2D eigenvalue weighted by Crippen LogP contribution is -2.24. The predicted molar refractivity (Wildman–Crippen MR) is 104 cm³/mol. The molecule has 0 bridgehead atoms. The lowest BCUT2D eigenvalue weighted by molar-refractivity contribution is -0.384. The maximum atomic E-state index is 11.8. The van der Waals surface area contributed by atoms with Crippen LogP contribution in [0.5, 0.6) is 5.75 Å². The molecule has 132 valence electrons. The van der Waals surface area contributed by atoms with E-state index in [0.717, 1.165) is 26.6 Å². The van der Waals surface area contributed by atoms with Gasteiger partial charge in [0.2, 0.25) is 0 Å². The number of thiophene rings is 1. The van der Waals surface area contributed by atoms with Gasteiger partial charge >= 0.3 is 0 Å². The molecule has 0 atom stereocenters. The van der Waals surface area contributed by atoms with Crippen LogP contribution in [0.15, 0.2) is 57.4 Å². The average molecular weight is 434 g/mol. The van der Waals surface area contributed by atoms with Crippen molar-refractivity contribution in [3.05, 3.63) is 67.3 Å². The first-order valence-electron chi connectivity index (χ1n) is 7.39. The Morgan fingerprint density at radius 2 is 2.15 bits per heavy atom. The van der Waals surface area contributed by atoms with Gasteiger partial charge in [0, 0.05) is 6.07 Å². The number of fused-ring (bicyclic) bond motifs is 1. The van der Waals surface area contributed by atoms with Crippen molar-refractivity contribution < 1.29 is 14.5 Å². The van der Waals surface area contributed by atoms with Crippen molar-refractivity contribution in [2.75, 3.05) is 6.61 Å². The fraction of sp³-hybridized carbons (Fsp3) is 0.0588. The van der Waals surface area contributed by atoms with Crippen LogP contribution in [0, 0.1) is 10.1 Å². The summed E-state index contributed by atoms with van der Waals surface area (Å²) in [6.45, 7) is -0.209. The van der Waals surface area contributed by atoms with Crippen LogP contribution >= 0.6 is 27.3 Å². The number of halogens is 1. The zero-order chi connectivity index (χ0) is 18.5. The van der Waals surface area contributed by atoms with E-state index in [4.69, 9.17) is 4.74 Å². The van der Waals surface area contributed by atoms with E-state index in [1.165, 1.54) is 17.7 Å². The molecule has 1 N–H and O–H groups in total. The SMILES string of the molecule is O=C(COc1ccc2ccccc2c1Br)N/N=C\c1cc([N+](=O)[O-])cs1. The molecule has 0 unspecified atom stereocenters. The highest BCUT2D eigenvalue weighted by molar-refractivity contribution is 9.10. The zero-order valence-corrected chi connectivity index (χ0v) is 15.6. The van der Waals surface area contributed by atoms with Crippen LogP contribution in [0.4, 0.5) is 5.69 Å². The van der Waals surface area contributed by atoms with Gasteiger partial charge in [-0.1, -0.05) is 30.3 Å². The summed E-state index contributed by atoms with van der Waals surface area (Å²) >= 11 is 4.65. The number of hydrogen-bond donors (Lipinski definition) is 1. The van der Waals surface area contributed by atoms with Crippen LogP contribution in [0.2, 0.25) is 0 Å². The van der Waals surface area contributed by atoms with E-state index in [1.54, 1.807) is 6.07 Å². The second-order valence-electron chi connectivity index (χ2n) is 5.15. The molecule has 0 saturated heterocycles. The fourth-order valence-electron chi connectivity index (χ4n) is 2.17. The molecule has 0 aliphatic rings. The van der Waals surface area contributed by atoms with Gasteiger partial charge in [0.1, 0.15) is 5.75 Å². The van der Waals surface area contributed by atoms with Crippen LogP contribution in [-0.4, -0.2) is 23.7 Å².